The Morgan fingerprint density at radius 2 is 1.65 bits per heavy atom. The Morgan fingerprint density at radius 3 is 2.27 bits per heavy atom. The summed E-state index contributed by atoms with van der Waals surface area (Å²) in [5, 5.41) is 0.313. The highest BCUT2D eigenvalue weighted by molar-refractivity contribution is 7.89. The van der Waals surface area contributed by atoms with Crippen molar-refractivity contribution in [2.24, 2.45) is 0 Å². The van der Waals surface area contributed by atoms with Crippen molar-refractivity contribution in [1.82, 2.24) is 9.21 Å². The smallest absolute Gasteiger partial charge is 0.246 e. The van der Waals surface area contributed by atoms with E-state index in [1.54, 1.807) is 6.07 Å². The third kappa shape index (κ3) is 3.88. The summed E-state index contributed by atoms with van der Waals surface area (Å²) in [4.78, 5) is 1.32. The number of hydrogen-bond acceptors (Lipinski definition) is 3. The zero-order chi connectivity index (χ0) is 18.9. The van der Waals surface area contributed by atoms with Crippen molar-refractivity contribution in [3.05, 3.63) is 64.4 Å². The van der Waals surface area contributed by atoms with Crippen molar-refractivity contribution in [2.45, 2.75) is 11.4 Å². The average Bonchev–Trinajstić information content (AvgIpc) is 2.58. The van der Waals surface area contributed by atoms with E-state index in [1.165, 1.54) is 12.1 Å². The van der Waals surface area contributed by atoms with E-state index in [2.05, 4.69) is 0 Å². The van der Waals surface area contributed by atoms with Crippen LogP contribution in [-0.4, -0.2) is 43.8 Å². The highest BCUT2D eigenvalue weighted by Gasteiger charge is 2.31. The molecule has 0 aromatic heterocycles. The maximum atomic E-state index is 13.9. The van der Waals surface area contributed by atoms with Gasteiger partial charge in [0.2, 0.25) is 10.0 Å². The number of nitrogens with zero attached hydrogens (tertiary/aromatic N) is 2. The van der Waals surface area contributed by atoms with Gasteiger partial charge in [-0.15, -0.1) is 0 Å². The molecule has 1 fully saturated rings. The molecule has 0 radical (unpaired) electrons. The summed E-state index contributed by atoms with van der Waals surface area (Å²) in [5.74, 6) is -2.38. The predicted octanol–water partition coefficient (Wildman–Crippen LogP) is 3.26. The molecule has 0 atom stereocenters. The van der Waals surface area contributed by atoms with Gasteiger partial charge in [0, 0.05) is 49.4 Å². The van der Waals surface area contributed by atoms with Crippen LogP contribution in [0.25, 0.3) is 0 Å². The molecule has 0 spiro atoms. The van der Waals surface area contributed by atoms with E-state index >= 15 is 0 Å². The van der Waals surface area contributed by atoms with Crippen molar-refractivity contribution in [3.63, 3.8) is 0 Å². The van der Waals surface area contributed by atoms with Crippen molar-refractivity contribution >= 4 is 21.6 Å². The summed E-state index contributed by atoms with van der Waals surface area (Å²) < 4.78 is 67.0. The maximum absolute atomic E-state index is 13.9. The van der Waals surface area contributed by atoms with E-state index in [4.69, 9.17) is 11.6 Å². The first-order valence-corrected chi connectivity index (χ1v) is 9.71. The number of benzene rings is 2. The van der Waals surface area contributed by atoms with E-state index < -0.39 is 32.4 Å². The normalized spacial score (nSPS) is 16.8. The zero-order valence-corrected chi connectivity index (χ0v) is 15.2. The van der Waals surface area contributed by atoms with Crippen LogP contribution in [0.1, 0.15) is 5.56 Å². The molecule has 0 saturated carbocycles. The lowest BCUT2D eigenvalue weighted by molar-refractivity contribution is 0.179. The molecule has 9 heteroatoms. The molecule has 0 N–H and O–H groups in total. The van der Waals surface area contributed by atoms with E-state index in [0.29, 0.717) is 29.7 Å². The Hall–Kier alpha value is -1.61. The molecule has 0 aliphatic carbocycles. The fourth-order valence-electron chi connectivity index (χ4n) is 2.86. The average molecular weight is 405 g/mol. The molecule has 2 aromatic rings. The summed E-state index contributed by atoms with van der Waals surface area (Å²) in [6.07, 6.45) is 0. The van der Waals surface area contributed by atoms with E-state index in [0.717, 1.165) is 16.4 Å². The standard InChI is InChI=1S/C17H16ClF3N2O2S/c18-14-2-1-3-15(20)13(14)11-22-6-8-23(9-7-22)26(24,25)17-5-4-12(19)10-16(17)21/h1-5,10H,6-9,11H2. The van der Waals surface area contributed by atoms with Gasteiger partial charge in [0.1, 0.15) is 22.3 Å². The van der Waals surface area contributed by atoms with E-state index in [1.807, 2.05) is 4.90 Å². The van der Waals surface area contributed by atoms with Gasteiger partial charge in [-0.05, 0) is 24.3 Å². The summed E-state index contributed by atoms with van der Waals surface area (Å²) in [6, 6.07) is 6.81. The van der Waals surface area contributed by atoms with Crippen LogP contribution in [-0.2, 0) is 16.6 Å². The Kier molecular flexibility index (Phi) is 5.57. The Labute approximate surface area is 154 Å². The number of hydrogen-bond donors (Lipinski definition) is 0. The van der Waals surface area contributed by atoms with Crippen LogP contribution in [0.2, 0.25) is 5.02 Å². The monoisotopic (exact) mass is 404 g/mol. The Balaban J connectivity index is 1.70. The van der Waals surface area contributed by atoms with Crippen LogP contribution in [0.4, 0.5) is 13.2 Å². The van der Waals surface area contributed by atoms with Gasteiger partial charge >= 0.3 is 0 Å². The van der Waals surface area contributed by atoms with Crippen molar-refractivity contribution in [3.8, 4) is 0 Å². The number of rotatable bonds is 4. The third-order valence-electron chi connectivity index (χ3n) is 4.29. The second-order valence-electron chi connectivity index (χ2n) is 5.96. The topological polar surface area (TPSA) is 40.6 Å². The third-order valence-corrected chi connectivity index (χ3v) is 6.57. The molecule has 2 aromatic carbocycles. The zero-order valence-electron chi connectivity index (χ0n) is 13.6. The fraction of sp³-hybridized carbons (Fsp3) is 0.294. The van der Waals surface area contributed by atoms with Gasteiger partial charge in [0.15, 0.2) is 0 Å². The Bertz CT molecular complexity index is 896. The molecule has 26 heavy (non-hydrogen) atoms. The van der Waals surface area contributed by atoms with Crippen molar-refractivity contribution in [2.75, 3.05) is 26.2 Å². The summed E-state index contributed by atoms with van der Waals surface area (Å²) >= 11 is 6.01. The lowest BCUT2D eigenvalue weighted by Crippen LogP contribution is -2.48. The highest BCUT2D eigenvalue weighted by atomic mass is 35.5. The van der Waals surface area contributed by atoms with Crippen molar-refractivity contribution in [1.29, 1.82) is 0 Å². The first kappa shape index (κ1) is 19.2. The minimum Gasteiger partial charge on any atom is -0.296 e. The first-order chi connectivity index (χ1) is 12.3. The molecule has 1 heterocycles. The highest BCUT2D eigenvalue weighted by Crippen LogP contribution is 2.24. The van der Waals surface area contributed by atoms with Gasteiger partial charge in [0.25, 0.3) is 0 Å². The first-order valence-electron chi connectivity index (χ1n) is 7.89. The molecule has 0 unspecified atom stereocenters. The van der Waals surface area contributed by atoms with Crippen LogP contribution in [0.3, 0.4) is 0 Å². The van der Waals surface area contributed by atoms with Gasteiger partial charge in [0.05, 0.1) is 0 Å². The lowest BCUT2D eigenvalue weighted by atomic mass is 10.2. The SMILES string of the molecule is O=S(=O)(c1ccc(F)cc1F)N1CCN(Cc2c(F)cccc2Cl)CC1. The second-order valence-corrected chi connectivity index (χ2v) is 8.27. The predicted molar refractivity (Wildman–Crippen MR) is 91.8 cm³/mol. The van der Waals surface area contributed by atoms with E-state index in [-0.39, 0.29) is 19.6 Å². The molecule has 1 saturated heterocycles. The molecule has 0 amide bonds. The van der Waals surface area contributed by atoms with Gasteiger partial charge in [-0.1, -0.05) is 17.7 Å². The van der Waals surface area contributed by atoms with Gasteiger partial charge < -0.3 is 0 Å². The molecule has 3 rings (SSSR count). The van der Waals surface area contributed by atoms with Crippen molar-refractivity contribution < 1.29 is 21.6 Å². The van der Waals surface area contributed by atoms with Crippen LogP contribution in [0, 0.1) is 17.5 Å². The maximum Gasteiger partial charge on any atom is 0.246 e. The number of piperazine rings is 1. The summed E-state index contributed by atoms with van der Waals surface area (Å²) in [6.45, 7) is 1.17. The summed E-state index contributed by atoms with van der Waals surface area (Å²) in [7, 11) is -4.06. The minimum absolute atomic E-state index is 0.116. The molecule has 4 nitrogen and oxygen atoms in total. The van der Waals surface area contributed by atoms with Gasteiger partial charge in [-0.2, -0.15) is 4.31 Å². The minimum atomic E-state index is -4.06. The molecule has 1 aliphatic rings. The molecule has 0 bridgehead atoms. The van der Waals surface area contributed by atoms with Crippen LogP contribution in [0.5, 0.6) is 0 Å². The molecular weight excluding hydrogens is 389 g/mol. The van der Waals surface area contributed by atoms with Gasteiger partial charge in [-0.3, -0.25) is 4.90 Å². The number of halogens is 4. The molecule has 1 aliphatic heterocycles. The fourth-order valence-corrected chi connectivity index (χ4v) is 4.55. The van der Waals surface area contributed by atoms with Crippen LogP contribution in [0.15, 0.2) is 41.3 Å². The van der Waals surface area contributed by atoms with E-state index in [9.17, 15) is 21.6 Å². The summed E-state index contributed by atoms with van der Waals surface area (Å²) in [5.41, 5.74) is 0.357. The lowest BCUT2D eigenvalue weighted by Gasteiger charge is -2.34. The largest absolute Gasteiger partial charge is 0.296 e. The van der Waals surface area contributed by atoms with Gasteiger partial charge in [-0.25, -0.2) is 21.6 Å². The number of sulfonamides is 1. The second kappa shape index (κ2) is 7.56. The quantitative estimate of drug-likeness (QED) is 0.785. The molecular formula is C17H16ClF3N2O2S. The Morgan fingerprint density at radius 1 is 0.962 bits per heavy atom. The van der Waals surface area contributed by atoms with Crippen LogP contribution >= 0.6 is 11.6 Å². The molecule has 140 valence electrons. The van der Waals surface area contributed by atoms with Crippen LogP contribution < -0.4 is 0 Å².